The van der Waals surface area contributed by atoms with Crippen LogP contribution in [0, 0.1) is 0 Å². The predicted octanol–water partition coefficient (Wildman–Crippen LogP) is 1.90. The highest BCUT2D eigenvalue weighted by atomic mass is 32.1. The van der Waals surface area contributed by atoms with Crippen LogP contribution in [0.4, 0.5) is 0 Å². The van der Waals surface area contributed by atoms with E-state index in [1.54, 1.807) is 12.1 Å². The van der Waals surface area contributed by atoms with Crippen LogP contribution in [-0.2, 0) is 6.42 Å². The number of aryl methyl sites for hydroxylation is 1. The van der Waals surface area contributed by atoms with Gasteiger partial charge in [-0.2, -0.15) is 14.6 Å². The van der Waals surface area contributed by atoms with Gasteiger partial charge >= 0.3 is 11.7 Å². The van der Waals surface area contributed by atoms with Crippen molar-refractivity contribution in [2.45, 2.75) is 13.3 Å². The molecule has 0 aliphatic carbocycles. The lowest BCUT2D eigenvalue weighted by molar-refractivity contribution is 0.437. The summed E-state index contributed by atoms with van der Waals surface area (Å²) in [6.07, 6.45) is 0.752. The maximum atomic E-state index is 11.8. The molecule has 0 amide bonds. The molecule has 0 fully saturated rings. The Morgan fingerprint density at radius 2 is 2.05 bits per heavy atom. The van der Waals surface area contributed by atoms with Crippen molar-refractivity contribution in [1.82, 2.24) is 19.6 Å². The number of benzene rings is 1. The summed E-state index contributed by atoms with van der Waals surface area (Å²) in [6, 6.07) is 9.14. The van der Waals surface area contributed by atoms with Gasteiger partial charge in [0.15, 0.2) is 0 Å². The van der Waals surface area contributed by atoms with Crippen molar-refractivity contribution in [3.63, 3.8) is 0 Å². The molecule has 0 aliphatic heterocycles. The molecule has 0 unspecified atom stereocenters. The fraction of sp³-hybridized carbons (Fsp3) is 0.167. The average molecular weight is 274 g/mol. The molecule has 2 aromatic heterocycles. The Morgan fingerprint density at radius 3 is 2.79 bits per heavy atom. The summed E-state index contributed by atoms with van der Waals surface area (Å²) in [4.78, 5) is 20.2. The fourth-order valence-electron chi connectivity index (χ4n) is 1.54. The molecular weight excluding hydrogens is 264 g/mol. The van der Waals surface area contributed by atoms with Crippen molar-refractivity contribution in [1.29, 1.82) is 0 Å². The minimum atomic E-state index is -0.480. The van der Waals surface area contributed by atoms with E-state index in [1.165, 1.54) is 15.9 Å². The number of hydrogen-bond donors (Lipinski definition) is 0. The Labute approximate surface area is 112 Å². The third kappa shape index (κ3) is 2.32. The third-order valence-corrected chi connectivity index (χ3v) is 3.47. The molecule has 0 aliphatic rings. The molecule has 1 aromatic carbocycles. The van der Waals surface area contributed by atoms with Crippen LogP contribution < -0.4 is 10.4 Å². The van der Waals surface area contributed by atoms with Gasteiger partial charge in [0.1, 0.15) is 10.8 Å². The van der Waals surface area contributed by atoms with Gasteiger partial charge in [-0.05, 0) is 18.6 Å². The van der Waals surface area contributed by atoms with Crippen LogP contribution in [0.1, 0.15) is 11.9 Å². The van der Waals surface area contributed by atoms with Crippen molar-refractivity contribution >= 4 is 16.3 Å². The molecule has 3 rings (SSSR count). The summed E-state index contributed by atoms with van der Waals surface area (Å²) in [7, 11) is 0. The van der Waals surface area contributed by atoms with E-state index >= 15 is 0 Å². The standard InChI is InChI=1S/C12H10N4O2S/c1-2-9-15-16-11(17)13-10(14-12(16)19-9)18-8-6-4-3-5-7-8/h3-7H,2H2,1H3. The summed E-state index contributed by atoms with van der Waals surface area (Å²) in [6.45, 7) is 1.97. The highest BCUT2D eigenvalue weighted by molar-refractivity contribution is 7.16. The highest BCUT2D eigenvalue weighted by Crippen LogP contribution is 2.18. The first-order valence-electron chi connectivity index (χ1n) is 5.76. The maximum absolute atomic E-state index is 11.8. The summed E-state index contributed by atoms with van der Waals surface area (Å²) in [5, 5.41) is 4.96. The summed E-state index contributed by atoms with van der Waals surface area (Å²) < 4.78 is 6.65. The number of ether oxygens (including phenoxy) is 1. The second-order valence-electron chi connectivity index (χ2n) is 3.75. The van der Waals surface area contributed by atoms with E-state index in [1.807, 2.05) is 25.1 Å². The molecule has 0 saturated carbocycles. The predicted molar refractivity (Wildman–Crippen MR) is 70.8 cm³/mol. The second kappa shape index (κ2) is 4.77. The Bertz CT molecular complexity index is 766. The normalized spacial score (nSPS) is 10.8. The van der Waals surface area contributed by atoms with Gasteiger partial charge in [-0.25, -0.2) is 4.79 Å². The highest BCUT2D eigenvalue weighted by Gasteiger charge is 2.10. The smallest absolute Gasteiger partial charge is 0.375 e. The number of hydrogen-bond acceptors (Lipinski definition) is 6. The van der Waals surface area contributed by atoms with Gasteiger partial charge < -0.3 is 4.74 Å². The van der Waals surface area contributed by atoms with E-state index in [9.17, 15) is 4.79 Å². The summed E-state index contributed by atoms with van der Waals surface area (Å²) >= 11 is 1.36. The first-order valence-corrected chi connectivity index (χ1v) is 6.57. The van der Waals surface area contributed by atoms with Crippen LogP contribution in [0.5, 0.6) is 11.8 Å². The minimum absolute atomic E-state index is 0.0440. The molecule has 96 valence electrons. The Morgan fingerprint density at radius 1 is 1.26 bits per heavy atom. The van der Waals surface area contributed by atoms with Crippen LogP contribution in [0.25, 0.3) is 4.96 Å². The minimum Gasteiger partial charge on any atom is -0.424 e. The van der Waals surface area contributed by atoms with Gasteiger partial charge in [0.2, 0.25) is 4.96 Å². The molecule has 0 saturated heterocycles. The van der Waals surface area contributed by atoms with Crippen LogP contribution in [0.2, 0.25) is 0 Å². The lowest BCUT2D eigenvalue weighted by Crippen LogP contribution is -2.19. The van der Waals surface area contributed by atoms with Gasteiger partial charge in [-0.1, -0.05) is 36.5 Å². The number of para-hydroxylation sites is 1. The Hall–Kier alpha value is -2.28. The third-order valence-electron chi connectivity index (χ3n) is 2.42. The average Bonchev–Trinajstić information content (AvgIpc) is 2.83. The van der Waals surface area contributed by atoms with E-state index in [0.717, 1.165) is 11.4 Å². The largest absolute Gasteiger partial charge is 0.424 e. The molecule has 0 N–H and O–H groups in total. The number of aromatic nitrogens is 4. The van der Waals surface area contributed by atoms with Gasteiger partial charge in [0, 0.05) is 0 Å². The number of rotatable bonds is 3. The van der Waals surface area contributed by atoms with E-state index < -0.39 is 5.69 Å². The van der Waals surface area contributed by atoms with Crippen molar-refractivity contribution in [3.8, 4) is 11.8 Å². The van der Waals surface area contributed by atoms with Crippen molar-refractivity contribution in [3.05, 3.63) is 45.8 Å². The lowest BCUT2D eigenvalue weighted by atomic mass is 10.3. The summed E-state index contributed by atoms with van der Waals surface area (Å²) in [5.74, 6) is 0.589. The lowest BCUT2D eigenvalue weighted by Gasteiger charge is -2.01. The first kappa shape index (κ1) is 11.8. The van der Waals surface area contributed by atoms with E-state index in [2.05, 4.69) is 15.1 Å². The Kier molecular flexibility index (Phi) is 2.96. The zero-order valence-electron chi connectivity index (χ0n) is 10.1. The maximum Gasteiger partial charge on any atom is 0.375 e. The van der Waals surface area contributed by atoms with Crippen LogP contribution in [-0.4, -0.2) is 19.6 Å². The monoisotopic (exact) mass is 274 g/mol. The number of nitrogens with zero attached hydrogens (tertiary/aromatic N) is 4. The molecule has 0 atom stereocenters. The molecule has 3 aromatic rings. The zero-order valence-corrected chi connectivity index (χ0v) is 10.9. The quantitative estimate of drug-likeness (QED) is 0.729. The van der Waals surface area contributed by atoms with Gasteiger partial charge in [-0.3, -0.25) is 0 Å². The van der Waals surface area contributed by atoms with Gasteiger partial charge in [0.25, 0.3) is 0 Å². The molecule has 0 radical (unpaired) electrons. The van der Waals surface area contributed by atoms with E-state index in [-0.39, 0.29) is 6.01 Å². The molecule has 0 spiro atoms. The fourth-order valence-corrected chi connectivity index (χ4v) is 2.34. The SMILES string of the molecule is CCc1nn2c(=O)nc(Oc3ccccc3)nc2s1. The van der Waals surface area contributed by atoms with Crippen LogP contribution in [0.3, 0.4) is 0 Å². The molecule has 6 nitrogen and oxygen atoms in total. The van der Waals surface area contributed by atoms with Crippen LogP contribution in [0.15, 0.2) is 35.1 Å². The van der Waals surface area contributed by atoms with Crippen molar-refractivity contribution in [2.75, 3.05) is 0 Å². The first-order chi connectivity index (χ1) is 9.26. The Balaban J connectivity index is 2.03. The molecular formula is C12H10N4O2S. The summed E-state index contributed by atoms with van der Waals surface area (Å²) in [5.41, 5.74) is -0.480. The molecule has 19 heavy (non-hydrogen) atoms. The molecule has 2 heterocycles. The van der Waals surface area contributed by atoms with E-state index in [4.69, 9.17) is 4.74 Å². The molecule has 0 bridgehead atoms. The molecule has 7 heteroatoms. The van der Waals surface area contributed by atoms with Crippen LogP contribution >= 0.6 is 11.3 Å². The van der Waals surface area contributed by atoms with Crippen molar-refractivity contribution in [2.24, 2.45) is 0 Å². The van der Waals surface area contributed by atoms with E-state index in [0.29, 0.717) is 10.7 Å². The van der Waals surface area contributed by atoms with Crippen molar-refractivity contribution < 1.29 is 4.74 Å². The number of fused-ring (bicyclic) bond motifs is 1. The zero-order chi connectivity index (χ0) is 13.2. The topological polar surface area (TPSA) is 69.4 Å². The second-order valence-corrected chi connectivity index (χ2v) is 4.79. The van der Waals surface area contributed by atoms with Gasteiger partial charge in [-0.15, -0.1) is 4.98 Å². The van der Waals surface area contributed by atoms with Gasteiger partial charge in [0.05, 0.1) is 0 Å².